The average Bonchev–Trinajstić information content (AvgIpc) is 3.45. The summed E-state index contributed by atoms with van der Waals surface area (Å²) in [7, 11) is 0. The molecule has 0 aliphatic carbocycles. The van der Waals surface area contributed by atoms with Crippen molar-refractivity contribution >= 4 is 47.6 Å². The molecule has 432 valence electrons. The Bertz CT molecular complexity index is 2680. The molecule has 0 spiro atoms. The van der Waals surface area contributed by atoms with Crippen molar-refractivity contribution in [2.45, 2.75) is 158 Å². The maximum Gasteiger partial charge on any atom is 0.0812 e. The number of para-hydroxylation sites is 4. The molecule has 0 unspecified atom stereocenters. The minimum absolute atomic E-state index is 0. The fourth-order valence-electron chi connectivity index (χ4n) is 8.98. The van der Waals surface area contributed by atoms with E-state index < -0.39 is 0 Å². The molecule has 0 atom stereocenters. The van der Waals surface area contributed by atoms with Crippen molar-refractivity contribution in [3.05, 3.63) is 238 Å². The zero-order chi connectivity index (χ0) is 58.1. The summed E-state index contributed by atoms with van der Waals surface area (Å²) in [5.74, 6) is 3.70. The second-order valence-corrected chi connectivity index (χ2v) is 22.4. The van der Waals surface area contributed by atoms with Gasteiger partial charge in [-0.1, -0.05) is 208 Å². The first-order chi connectivity index (χ1) is 38.4. The molecule has 0 aliphatic heterocycles. The number of rotatable bonds is 16. The summed E-state index contributed by atoms with van der Waals surface area (Å²) >= 11 is 0. The zero-order valence-electron chi connectivity index (χ0n) is 51.4. The Kier molecular flexibility index (Phi) is 30.4. The van der Waals surface area contributed by atoms with Crippen molar-refractivity contribution in [1.29, 1.82) is 0 Å². The topological polar surface area (TPSA) is 101 Å². The van der Waals surface area contributed by atoms with E-state index in [9.17, 15) is 0 Å². The monoisotopic (exact) mass is 1180 g/mol. The third kappa shape index (κ3) is 21.5. The molecule has 0 aliphatic rings. The molecule has 0 amide bonds. The molecule has 4 heterocycles. The molecular weight excluding hydrogens is 1090 g/mol. The van der Waals surface area contributed by atoms with Crippen LogP contribution in [0.4, 0.5) is 22.7 Å². The summed E-state index contributed by atoms with van der Waals surface area (Å²) in [6.07, 6.45) is 14.6. The third-order valence-electron chi connectivity index (χ3n) is 13.4. The smallest absolute Gasteiger partial charge is 0.0812 e. The maximum atomic E-state index is 4.73. The molecule has 0 N–H and O–H groups in total. The Balaban J connectivity index is 0.000000285. The van der Waals surface area contributed by atoms with Crippen LogP contribution < -0.4 is 0 Å². The predicted octanol–water partition coefficient (Wildman–Crippen LogP) is 20.3. The fourth-order valence-corrected chi connectivity index (χ4v) is 8.98. The normalized spacial score (nSPS) is 11.4. The summed E-state index contributed by atoms with van der Waals surface area (Å²) in [6.45, 7) is 35.3. The van der Waals surface area contributed by atoms with Gasteiger partial charge in [-0.15, -0.1) is 0 Å². The Hall–Kier alpha value is -6.80. The van der Waals surface area contributed by atoms with Gasteiger partial charge in [0.2, 0.25) is 0 Å². The van der Waals surface area contributed by atoms with Gasteiger partial charge in [-0.3, -0.25) is 39.9 Å². The van der Waals surface area contributed by atoms with Crippen LogP contribution in [0.15, 0.2) is 190 Å². The molecule has 10 heteroatoms. The van der Waals surface area contributed by atoms with Crippen molar-refractivity contribution < 1.29 is 34.1 Å². The average molecular weight is 1180 g/mol. The largest absolute Gasteiger partial charge is 0.255 e. The van der Waals surface area contributed by atoms with Gasteiger partial charge in [0.05, 0.1) is 70.4 Å². The Labute approximate surface area is 514 Å². The quantitative estimate of drug-likeness (QED) is 0.0710. The molecule has 8 nitrogen and oxygen atoms in total. The molecule has 0 bridgehead atoms. The Morgan fingerprint density at radius 3 is 0.512 bits per heavy atom. The van der Waals surface area contributed by atoms with Crippen molar-refractivity contribution in [3.8, 4) is 0 Å². The number of nitrogens with zero attached hydrogens (tertiary/aromatic N) is 8. The standard InChI is InChI=1S/4C18H22N2.2Fe/c4*1-13(2)16-9-7-10-17(14(3)4)18(16)20-12-15-8-5-6-11-19-15;;/h4*5-14H,1-4H3;;. The number of aliphatic imine (C=N–C) groups is 4. The van der Waals surface area contributed by atoms with E-state index in [4.69, 9.17) is 20.0 Å². The van der Waals surface area contributed by atoms with Crippen molar-refractivity contribution in [1.82, 2.24) is 19.9 Å². The first-order valence-electron chi connectivity index (χ1n) is 28.7. The van der Waals surface area contributed by atoms with Gasteiger partial charge in [-0.2, -0.15) is 0 Å². The number of benzene rings is 4. The Morgan fingerprint density at radius 1 is 0.232 bits per heavy atom. The van der Waals surface area contributed by atoms with E-state index in [0.717, 1.165) is 45.5 Å². The summed E-state index contributed by atoms with van der Waals surface area (Å²) < 4.78 is 0. The molecule has 0 fully saturated rings. The van der Waals surface area contributed by atoms with Crippen LogP contribution in [0.1, 0.15) is 225 Å². The second-order valence-electron chi connectivity index (χ2n) is 22.4. The number of hydrogen-bond donors (Lipinski definition) is 0. The van der Waals surface area contributed by atoms with Crippen LogP contribution in [-0.4, -0.2) is 44.8 Å². The van der Waals surface area contributed by atoms with Gasteiger partial charge < -0.3 is 0 Å². The number of pyridine rings is 4. The molecule has 0 radical (unpaired) electrons. The van der Waals surface area contributed by atoms with Gasteiger partial charge in [-0.25, -0.2) is 0 Å². The molecule has 8 aromatic rings. The van der Waals surface area contributed by atoms with Crippen molar-refractivity contribution in [2.75, 3.05) is 0 Å². The minimum Gasteiger partial charge on any atom is -0.255 e. The van der Waals surface area contributed by atoms with Crippen LogP contribution >= 0.6 is 0 Å². The van der Waals surface area contributed by atoms with Crippen LogP contribution in [-0.2, 0) is 34.1 Å². The summed E-state index contributed by atoms with van der Waals surface area (Å²) in [4.78, 5) is 36.1. The van der Waals surface area contributed by atoms with E-state index >= 15 is 0 Å². The van der Waals surface area contributed by atoms with E-state index in [0.29, 0.717) is 47.3 Å². The summed E-state index contributed by atoms with van der Waals surface area (Å²) in [6, 6.07) is 49.3. The predicted molar refractivity (Wildman–Crippen MR) is 344 cm³/mol. The van der Waals surface area contributed by atoms with Crippen LogP contribution in [0.3, 0.4) is 0 Å². The molecule has 0 saturated heterocycles. The number of aromatic nitrogens is 4. The summed E-state index contributed by atoms with van der Waals surface area (Å²) in [5.41, 5.74) is 18.3. The maximum absolute atomic E-state index is 4.73. The van der Waals surface area contributed by atoms with Gasteiger partial charge in [-0.05, 0) is 140 Å². The third-order valence-corrected chi connectivity index (χ3v) is 13.4. The van der Waals surface area contributed by atoms with Crippen LogP contribution in [0.25, 0.3) is 0 Å². The molecule has 4 aromatic carbocycles. The van der Waals surface area contributed by atoms with Crippen molar-refractivity contribution in [3.63, 3.8) is 0 Å². The minimum atomic E-state index is 0. The molecule has 8 rings (SSSR count). The van der Waals surface area contributed by atoms with E-state index in [2.05, 4.69) is 204 Å². The van der Waals surface area contributed by atoms with E-state index in [1.54, 1.807) is 24.8 Å². The first kappa shape index (κ1) is 69.5. The Morgan fingerprint density at radius 2 is 0.390 bits per heavy atom. The molecule has 82 heavy (non-hydrogen) atoms. The van der Waals surface area contributed by atoms with Gasteiger partial charge in [0, 0.05) is 58.9 Å². The fraction of sp³-hybridized carbons (Fsp3) is 0.333. The van der Waals surface area contributed by atoms with Crippen LogP contribution in [0.2, 0.25) is 0 Å². The number of hydrogen-bond acceptors (Lipinski definition) is 8. The second kappa shape index (κ2) is 35.9. The summed E-state index contributed by atoms with van der Waals surface area (Å²) in [5, 5.41) is 0. The zero-order valence-corrected chi connectivity index (χ0v) is 53.6. The first-order valence-corrected chi connectivity index (χ1v) is 28.7. The van der Waals surface area contributed by atoms with Crippen LogP contribution in [0, 0.1) is 0 Å². The molecule has 4 aromatic heterocycles. The molecular formula is C72H88Fe2N8. The molecule has 0 saturated carbocycles. The van der Waals surface area contributed by atoms with E-state index in [-0.39, 0.29) is 34.1 Å². The van der Waals surface area contributed by atoms with Gasteiger partial charge in [0.25, 0.3) is 0 Å². The van der Waals surface area contributed by atoms with E-state index in [1.165, 1.54) is 44.5 Å². The van der Waals surface area contributed by atoms with Gasteiger partial charge in [0.1, 0.15) is 0 Å². The SMILES string of the molecule is CC(C)c1cccc(C(C)C)c1N=Cc1ccccn1.CC(C)c1cccc(C(C)C)c1N=Cc1ccccn1.CC(C)c1cccc(C(C)C)c1N=Cc1ccccn1.CC(C)c1cccc(C(C)C)c1N=Cc1ccccn1.[Fe].[Fe]. The van der Waals surface area contributed by atoms with E-state index in [1.807, 2.05) is 97.7 Å². The van der Waals surface area contributed by atoms with Gasteiger partial charge >= 0.3 is 0 Å². The van der Waals surface area contributed by atoms with Crippen molar-refractivity contribution in [2.24, 2.45) is 20.0 Å². The van der Waals surface area contributed by atoms with Gasteiger partial charge in [0.15, 0.2) is 0 Å². The van der Waals surface area contributed by atoms with Crippen LogP contribution in [0.5, 0.6) is 0 Å².